The van der Waals surface area contributed by atoms with Gasteiger partial charge in [-0.2, -0.15) is 0 Å². The molecular formula is C27H34N2O8. The Kier molecular flexibility index (Phi) is 13.3. The summed E-state index contributed by atoms with van der Waals surface area (Å²) in [7, 11) is 0. The first-order valence-electron chi connectivity index (χ1n) is 11.7. The van der Waals surface area contributed by atoms with Crippen molar-refractivity contribution in [1.82, 2.24) is 10.3 Å². The highest BCUT2D eigenvalue weighted by Crippen LogP contribution is 2.30. The molecule has 10 heteroatoms. The number of fused-ring (bicyclic) bond motifs is 1. The molecule has 0 spiro atoms. The number of pyridine rings is 1. The maximum absolute atomic E-state index is 12.7. The normalized spacial score (nSPS) is 17.5. The minimum Gasteiger partial charge on any atom is -0.507 e. The van der Waals surface area contributed by atoms with E-state index in [1.165, 1.54) is 12.1 Å². The van der Waals surface area contributed by atoms with Crippen LogP contribution in [0.25, 0.3) is 6.08 Å². The molecule has 2 aromatic rings. The Bertz CT molecular complexity index is 1100. The van der Waals surface area contributed by atoms with Gasteiger partial charge in [0.1, 0.15) is 17.1 Å². The summed E-state index contributed by atoms with van der Waals surface area (Å²) in [5, 5.41) is 13.4. The fourth-order valence-corrected chi connectivity index (χ4v) is 3.42. The molecule has 3 rings (SSSR count). The lowest BCUT2D eigenvalue weighted by Crippen LogP contribution is -2.25. The van der Waals surface area contributed by atoms with Crippen LogP contribution < -0.4 is 10.1 Å². The Morgan fingerprint density at radius 2 is 1.95 bits per heavy atom. The molecule has 0 bridgehead atoms. The van der Waals surface area contributed by atoms with Crippen molar-refractivity contribution in [3.63, 3.8) is 0 Å². The van der Waals surface area contributed by atoms with Crippen LogP contribution in [-0.4, -0.2) is 58.5 Å². The van der Waals surface area contributed by atoms with Gasteiger partial charge in [0.15, 0.2) is 5.78 Å². The van der Waals surface area contributed by atoms with Gasteiger partial charge in [-0.25, -0.2) is 4.79 Å². The zero-order valence-corrected chi connectivity index (χ0v) is 20.7. The first-order valence-corrected chi connectivity index (χ1v) is 11.7. The molecule has 0 saturated heterocycles. The van der Waals surface area contributed by atoms with Crippen LogP contribution in [0, 0.1) is 5.92 Å². The van der Waals surface area contributed by atoms with Gasteiger partial charge >= 0.3 is 5.97 Å². The van der Waals surface area contributed by atoms with E-state index in [0.717, 1.165) is 0 Å². The Morgan fingerprint density at radius 1 is 1.19 bits per heavy atom. The van der Waals surface area contributed by atoms with Crippen LogP contribution >= 0.6 is 0 Å². The zero-order chi connectivity index (χ0) is 25.0. The van der Waals surface area contributed by atoms with Crippen molar-refractivity contribution in [2.24, 2.45) is 5.92 Å². The molecule has 2 heterocycles. The number of esters is 1. The number of allylic oxidation sites excluding steroid dienone is 2. The molecule has 6 N–H and O–H groups in total. The standard InChI is InChI=1S/C27H30N2O6.2H2O/c1-19-8-9-22(30)7-4-2-3-6-21-16-23(17-24(31)25(21)27(33)35-18-19)34-15-5-12-29-26(32)20-10-13-28-14-11-20;;/h3,6,8-11,13-14,16-17,19,31H,2,4-5,7,12,15,18H2,1H3,(H,29,32);2*1H2/b6-3+,9-8-;;/t19-;;/m1../s1. The number of nitrogens with zero attached hydrogens (tertiary/aromatic N) is 1. The molecule has 1 aliphatic heterocycles. The molecule has 0 fully saturated rings. The molecule has 10 nitrogen and oxygen atoms in total. The largest absolute Gasteiger partial charge is 0.507 e. The number of amides is 1. The third-order valence-corrected chi connectivity index (χ3v) is 5.32. The van der Waals surface area contributed by atoms with E-state index in [2.05, 4.69) is 10.3 Å². The topological polar surface area (TPSA) is 178 Å². The van der Waals surface area contributed by atoms with Crippen molar-refractivity contribution in [3.05, 3.63) is 71.6 Å². The van der Waals surface area contributed by atoms with Gasteiger partial charge in [0, 0.05) is 42.9 Å². The molecule has 0 unspecified atom stereocenters. The van der Waals surface area contributed by atoms with E-state index in [4.69, 9.17) is 9.47 Å². The van der Waals surface area contributed by atoms with E-state index in [1.54, 1.807) is 42.7 Å². The first-order chi connectivity index (χ1) is 16.9. The van der Waals surface area contributed by atoms with Crippen molar-refractivity contribution < 1.29 is 39.9 Å². The molecule has 1 aromatic carbocycles. The van der Waals surface area contributed by atoms with Gasteiger partial charge in [0.2, 0.25) is 0 Å². The molecule has 200 valence electrons. The van der Waals surface area contributed by atoms with E-state index < -0.39 is 5.97 Å². The second-order valence-corrected chi connectivity index (χ2v) is 8.30. The number of carbonyl (C=O) groups excluding carboxylic acids is 3. The minimum atomic E-state index is -0.642. The second kappa shape index (κ2) is 15.9. The van der Waals surface area contributed by atoms with E-state index in [0.29, 0.717) is 55.7 Å². The molecular weight excluding hydrogens is 480 g/mol. The Balaban J connectivity index is 0.00000342. The third-order valence-electron chi connectivity index (χ3n) is 5.32. The predicted octanol–water partition coefficient (Wildman–Crippen LogP) is 2.45. The average Bonchev–Trinajstić information content (AvgIpc) is 2.85. The number of carbonyl (C=O) groups is 3. The number of hydrogen-bond donors (Lipinski definition) is 2. The number of phenolic OH excluding ortho intramolecular Hbond substituents is 1. The Labute approximate surface area is 215 Å². The molecule has 1 amide bonds. The number of ketones is 1. The molecule has 0 aliphatic carbocycles. The van der Waals surface area contributed by atoms with Gasteiger partial charge in [0.05, 0.1) is 13.2 Å². The molecule has 0 saturated carbocycles. The van der Waals surface area contributed by atoms with Crippen molar-refractivity contribution in [3.8, 4) is 11.5 Å². The summed E-state index contributed by atoms with van der Waals surface area (Å²) in [4.78, 5) is 40.6. The van der Waals surface area contributed by atoms with Crippen LogP contribution in [0.3, 0.4) is 0 Å². The highest BCUT2D eigenvalue weighted by molar-refractivity contribution is 5.97. The van der Waals surface area contributed by atoms with Crippen LogP contribution in [0.4, 0.5) is 0 Å². The highest BCUT2D eigenvalue weighted by atomic mass is 16.5. The predicted molar refractivity (Wildman–Crippen MR) is 138 cm³/mol. The van der Waals surface area contributed by atoms with Gasteiger partial charge in [-0.05, 0) is 49.1 Å². The van der Waals surface area contributed by atoms with Crippen molar-refractivity contribution >= 4 is 23.7 Å². The van der Waals surface area contributed by atoms with E-state index in [9.17, 15) is 19.5 Å². The fraction of sp³-hybridized carbons (Fsp3) is 0.333. The number of nitrogens with one attached hydrogen (secondary N) is 1. The third kappa shape index (κ3) is 9.86. The lowest BCUT2D eigenvalue weighted by atomic mass is 10.0. The average molecular weight is 515 g/mol. The van der Waals surface area contributed by atoms with Crippen LogP contribution in [0.1, 0.15) is 58.9 Å². The number of aromatic nitrogens is 1. The fourth-order valence-electron chi connectivity index (χ4n) is 3.42. The summed E-state index contributed by atoms with van der Waals surface area (Å²) >= 11 is 0. The molecule has 0 radical (unpaired) electrons. The quantitative estimate of drug-likeness (QED) is 0.439. The van der Waals surface area contributed by atoms with Gasteiger partial charge < -0.3 is 30.8 Å². The lowest BCUT2D eigenvalue weighted by molar-refractivity contribution is -0.114. The summed E-state index contributed by atoms with van der Waals surface area (Å²) in [6.07, 6.45) is 12.3. The Morgan fingerprint density at radius 3 is 2.70 bits per heavy atom. The SMILES string of the molecule is C[C@@H]1/C=C\C(=O)CCC/C=C/c2cc(OCCCNC(=O)c3ccncc3)cc(O)c2C(=O)OC1.O.O. The number of hydrogen-bond acceptors (Lipinski definition) is 7. The summed E-state index contributed by atoms with van der Waals surface area (Å²) in [6, 6.07) is 6.33. The van der Waals surface area contributed by atoms with Gasteiger partial charge in [-0.3, -0.25) is 14.6 Å². The maximum Gasteiger partial charge on any atom is 0.342 e. The van der Waals surface area contributed by atoms with Gasteiger partial charge in [0.25, 0.3) is 5.91 Å². The van der Waals surface area contributed by atoms with Gasteiger partial charge in [-0.1, -0.05) is 25.2 Å². The number of phenols is 1. The van der Waals surface area contributed by atoms with Crippen LogP contribution in [-0.2, 0) is 9.53 Å². The first kappa shape index (κ1) is 31.0. The van der Waals surface area contributed by atoms with Crippen molar-refractivity contribution in [2.75, 3.05) is 19.8 Å². The van der Waals surface area contributed by atoms with Crippen molar-refractivity contribution in [2.45, 2.75) is 32.6 Å². The van der Waals surface area contributed by atoms with E-state index in [1.807, 2.05) is 13.0 Å². The lowest BCUT2D eigenvalue weighted by Gasteiger charge is -2.14. The number of rotatable bonds is 6. The highest BCUT2D eigenvalue weighted by Gasteiger charge is 2.19. The van der Waals surface area contributed by atoms with E-state index >= 15 is 0 Å². The summed E-state index contributed by atoms with van der Waals surface area (Å²) < 4.78 is 11.1. The molecule has 1 aliphatic rings. The molecule has 1 atom stereocenters. The van der Waals surface area contributed by atoms with Crippen molar-refractivity contribution in [1.29, 1.82) is 0 Å². The Hall–Kier alpha value is -4.02. The van der Waals surface area contributed by atoms with Crippen LogP contribution in [0.2, 0.25) is 0 Å². The second-order valence-electron chi connectivity index (χ2n) is 8.30. The zero-order valence-electron chi connectivity index (χ0n) is 20.7. The number of cyclic esters (lactones) is 1. The maximum atomic E-state index is 12.7. The smallest absolute Gasteiger partial charge is 0.342 e. The molecule has 37 heavy (non-hydrogen) atoms. The number of ether oxygens (including phenoxy) is 2. The van der Waals surface area contributed by atoms with Crippen LogP contribution in [0.5, 0.6) is 11.5 Å². The summed E-state index contributed by atoms with van der Waals surface area (Å²) in [5.74, 6) is -0.758. The van der Waals surface area contributed by atoms with E-state index in [-0.39, 0.29) is 46.5 Å². The molecule has 1 aromatic heterocycles. The monoisotopic (exact) mass is 514 g/mol. The number of benzene rings is 1. The van der Waals surface area contributed by atoms with Crippen LogP contribution in [0.15, 0.2) is 54.9 Å². The summed E-state index contributed by atoms with van der Waals surface area (Å²) in [6.45, 7) is 2.65. The summed E-state index contributed by atoms with van der Waals surface area (Å²) in [5.41, 5.74) is 1.08. The number of aromatic hydroxyl groups is 1. The minimum absolute atomic E-state index is 0. The van der Waals surface area contributed by atoms with Gasteiger partial charge in [-0.15, -0.1) is 0 Å².